The van der Waals surface area contributed by atoms with E-state index in [0.717, 1.165) is 6.42 Å². The van der Waals surface area contributed by atoms with Gasteiger partial charge in [-0.2, -0.15) is 0 Å². The summed E-state index contributed by atoms with van der Waals surface area (Å²) in [6, 6.07) is 31.2. The van der Waals surface area contributed by atoms with Gasteiger partial charge in [-0.3, -0.25) is 14.9 Å². The Kier molecular flexibility index (Phi) is 9.02. The van der Waals surface area contributed by atoms with Gasteiger partial charge in [0, 0.05) is 28.9 Å². The normalized spacial score (nSPS) is 10.3. The van der Waals surface area contributed by atoms with Gasteiger partial charge in [-0.05, 0) is 88.3 Å². The summed E-state index contributed by atoms with van der Waals surface area (Å²) >= 11 is 8.77. The minimum Gasteiger partial charge on any atom is -0.492 e. The third-order valence-electron chi connectivity index (χ3n) is 5.35. The lowest BCUT2D eigenvalue weighted by molar-refractivity contribution is 0.0976. The molecule has 2 amide bonds. The number of benzene rings is 4. The van der Waals surface area contributed by atoms with Crippen molar-refractivity contribution in [3.05, 3.63) is 124 Å². The molecule has 8 heteroatoms. The van der Waals surface area contributed by atoms with Crippen LogP contribution < -0.4 is 20.7 Å². The number of rotatable bonds is 8. The molecule has 4 aromatic carbocycles. The Hall–Kier alpha value is -4.01. The molecule has 0 aliphatic rings. The molecule has 4 rings (SSSR count). The van der Waals surface area contributed by atoms with Gasteiger partial charge in [-0.25, -0.2) is 0 Å². The molecule has 0 saturated heterocycles. The van der Waals surface area contributed by atoms with Gasteiger partial charge in [0.25, 0.3) is 11.8 Å². The lowest BCUT2D eigenvalue weighted by Crippen LogP contribution is -2.34. The van der Waals surface area contributed by atoms with Crippen molar-refractivity contribution in [2.75, 3.05) is 17.2 Å². The average Bonchev–Trinajstić information content (AvgIpc) is 2.91. The van der Waals surface area contributed by atoms with Gasteiger partial charge in [0.05, 0.1) is 11.1 Å². The number of carbonyl (C=O) groups is 2. The quantitative estimate of drug-likeness (QED) is 0.211. The molecule has 186 valence electrons. The molecule has 3 N–H and O–H groups in total. The van der Waals surface area contributed by atoms with E-state index in [1.807, 2.05) is 36.4 Å². The summed E-state index contributed by atoms with van der Waals surface area (Å²) < 4.78 is 6.53. The maximum atomic E-state index is 12.7. The molecular weight excluding hydrogens is 550 g/mol. The van der Waals surface area contributed by atoms with Crippen molar-refractivity contribution >= 4 is 56.4 Å². The maximum Gasteiger partial charge on any atom is 0.257 e. The smallest absolute Gasteiger partial charge is 0.257 e. The Bertz CT molecular complexity index is 1380. The first-order valence-electron chi connectivity index (χ1n) is 11.5. The van der Waals surface area contributed by atoms with E-state index in [9.17, 15) is 9.59 Å². The summed E-state index contributed by atoms with van der Waals surface area (Å²) in [5, 5.41) is 8.65. The van der Waals surface area contributed by atoms with Gasteiger partial charge in [0.1, 0.15) is 5.75 Å². The number of thiocarbonyl (C=S) groups is 1. The predicted molar refractivity (Wildman–Crippen MR) is 154 cm³/mol. The van der Waals surface area contributed by atoms with Crippen LogP contribution in [-0.2, 0) is 6.42 Å². The topological polar surface area (TPSA) is 79.5 Å². The van der Waals surface area contributed by atoms with Crippen LogP contribution in [0.2, 0.25) is 0 Å². The molecule has 0 spiro atoms. The maximum absolute atomic E-state index is 12.7. The minimum atomic E-state index is -0.346. The van der Waals surface area contributed by atoms with Crippen LogP contribution in [0.15, 0.2) is 108 Å². The monoisotopic (exact) mass is 573 g/mol. The van der Waals surface area contributed by atoms with Crippen LogP contribution >= 0.6 is 28.1 Å². The molecule has 6 nitrogen and oxygen atoms in total. The molecule has 0 unspecified atom stereocenters. The molecule has 4 aromatic rings. The first-order chi connectivity index (χ1) is 18.0. The molecule has 0 atom stereocenters. The van der Waals surface area contributed by atoms with E-state index >= 15 is 0 Å². The van der Waals surface area contributed by atoms with E-state index < -0.39 is 0 Å². The van der Waals surface area contributed by atoms with Gasteiger partial charge >= 0.3 is 0 Å². The van der Waals surface area contributed by atoms with Gasteiger partial charge in [-0.1, -0.05) is 48.5 Å². The number of nitrogens with one attached hydrogen (secondary N) is 3. The number of amides is 2. The summed E-state index contributed by atoms with van der Waals surface area (Å²) in [6.45, 7) is 0.525. The number of hydrogen-bond donors (Lipinski definition) is 3. The SMILES string of the molecule is O=C(NC(=S)Nc1ccc(NC(=O)c2ccccc2)cc1)c1ccc(OCCc2ccccc2)c(Br)c1. The molecule has 0 fully saturated rings. The predicted octanol–water partition coefficient (Wildman–Crippen LogP) is 6.45. The van der Waals surface area contributed by atoms with Crippen LogP contribution in [0.25, 0.3) is 0 Å². The lowest BCUT2D eigenvalue weighted by Gasteiger charge is -2.12. The Morgan fingerprint density at radius 1 is 0.730 bits per heavy atom. The number of carbonyl (C=O) groups excluding carboxylic acids is 2. The molecule has 0 aliphatic heterocycles. The fourth-order valence-electron chi connectivity index (χ4n) is 3.45. The molecular formula is C29H24BrN3O3S. The first kappa shape index (κ1) is 26.1. The Morgan fingerprint density at radius 2 is 1.35 bits per heavy atom. The summed E-state index contributed by atoms with van der Waals surface area (Å²) in [6.07, 6.45) is 0.788. The van der Waals surface area contributed by atoms with Crippen LogP contribution in [0.3, 0.4) is 0 Å². The summed E-state index contributed by atoms with van der Waals surface area (Å²) in [5.41, 5.74) is 3.52. The highest BCUT2D eigenvalue weighted by Gasteiger charge is 2.12. The van der Waals surface area contributed by atoms with Crippen molar-refractivity contribution in [1.82, 2.24) is 5.32 Å². The van der Waals surface area contributed by atoms with E-state index in [1.54, 1.807) is 54.6 Å². The van der Waals surface area contributed by atoms with Crippen LogP contribution in [0.4, 0.5) is 11.4 Å². The van der Waals surface area contributed by atoms with Gasteiger partial charge in [0.2, 0.25) is 0 Å². The zero-order valence-electron chi connectivity index (χ0n) is 19.7. The molecule has 0 radical (unpaired) electrons. The zero-order valence-corrected chi connectivity index (χ0v) is 22.1. The van der Waals surface area contributed by atoms with Gasteiger partial charge in [0.15, 0.2) is 5.11 Å². The van der Waals surface area contributed by atoms with Crippen LogP contribution in [0.1, 0.15) is 26.3 Å². The Balaban J connectivity index is 1.26. The molecule has 37 heavy (non-hydrogen) atoms. The number of hydrogen-bond acceptors (Lipinski definition) is 4. The van der Waals surface area contributed by atoms with E-state index in [4.69, 9.17) is 17.0 Å². The van der Waals surface area contributed by atoms with E-state index in [0.29, 0.717) is 39.3 Å². The standard InChI is InChI=1S/C29H24BrN3O3S/c30-25-19-22(11-16-26(25)36-18-17-20-7-3-1-4-8-20)28(35)33-29(37)32-24-14-12-23(13-15-24)31-27(34)21-9-5-2-6-10-21/h1-16,19H,17-18H2,(H,31,34)(H2,32,33,35,37). The van der Waals surface area contributed by atoms with Crippen molar-refractivity contribution in [2.45, 2.75) is 6.42 Å². The number of halogens is 1. The minimum absolute atomic E-state index is 0.158. The summed E-state index contributed by atoms with van der Waals surface area (Å²) in [7, 11) is 0. The zero-order chi connectivity index (χ0) is 26.0. The third kappa shape index (κ3) is 7.73. The van der Waals surface area contributed by atoms with Crippen molar-refractivity contribution in [2.24, 2.45) is 0 Å². The van der Waals surface area contributed by atoms with Crippen LogP contribution in [-0.4, -0.2) is 23.5 Å². The lowest BCUT2D eigenvalue weighted by atomic mass is 10.2. The van der Waals surface area contributed by atoms with E-state index in [2.05, 4.69) is 44.0 Å². The number of anilines is 2. The average molecular weight is 575 g/mol. The number of ether oxygens (including phenoxy) is 1. The second-order valence-corrected chi connectivity index (χ2v) is 9.30. The third-order valence-corrected chi connectivity index (χ3v) is 6.17. The Labute approximate surface area is 229 Å². The van der Waals surface area contributed by atoms with E-state index in [-0.39, 0.29) is 16.9 Å². The van der Waals surface area contributed by atoms with Crippen molar-refractivity contribution in [3.8, 4) is 5.75 Å². The summed E-state index contributed by atoms with van der Waals surface area (Å²) in [5.74, 6) is 0.122. The highest BCUT2D eigenvalue weighted by Crippen LogP contribution is 2.26. The highest BCUT2D eigenvalue weighted by molar-refractivity contribution is 9.10. The second-order valence-electron chi connectivity index (χ2n) is 8.04. The molecule has 0 aromatic heterocycles. The van der Waals surface area contributed by atoms with Gasteiger partial charge in [-0.15, -0.1) is 0 Å². The fraction of sp³-hybridized carbons (Fsp3) is 0.0690. The summed E-state index contributed by atoms with van der Waals surface area (Å²) in [4.78, 5) is 25.0. The van der Waals surface area contributed by atoms with E-state index in [1.165, 1.54) is 5.56 Å². The van der Waals surface area contributed by atoms with Crippen LogP contribution in [0, 0.1) is 0 Å². The Morgan fingerprint density at radius 3 is 2.00 bits per heavy atom. The van der Waals surface area contributed by atoms with Gasteiger partial charge < -0.3 is 15.4 Å². The molecule has 0 saturated carbocycles. The first-order valence-corrected chi connectivity index (χ1v) is 12.7. The largest absolute Gasteiger partial charge is 0.492 e. The van der Waals surface area contributed by atoms with Crippen molar-refractivity contribution < 1.29 is 14.3 Å². The van der Waals surface area contributed by atoms with Crippen molar-refractivity contribution in [1.29, 1.82) is 0 Å². The molecule has 0 heterocycles. The second kappa shape index (κ2) is 12.8. The molecule has 0 bridgehead atoms. The van der Waals surface area contributed by atoms with Crippen LogP contribution in [0.5, 0.6) is 5.75 Å². The van der Waals surface area contributed by atoms with Crippen molar-refractivity contribution in [3.63, 3.8) is 0 Å². The fourth-order valence-corrected chi connectivity index (χ4v) is 4.15. The molecule has 0 aliphatic carbocycles. The highest BCUT2D eigenvalue weighted by atomic mass is 79.9.